The molecule has 1 aromatic heterocycles. The summed E-state index contributed by atoms with van der Waals surface area (Å²) in [5.41, 5.74) is 1.59. The van der Waals surface area contributed by atoms with Crippen molar-refractivity contribution in [2.24, 2.45) is 0 Å². The Bertz CT molecular complexity index is 756. The van der Waals surface area contributed by atoms with E-state index >= 15 is 0 Å². The minimum Gasteiger partial charge on any atom is -0.339 e. The number of carbonyl (C=O) groups excluding carboxylic acids is 2. The third-order valence-corrected chi connectivity index (χ3v) is 4.75. The molecule has 6 heteroatoms. The standard InChI is InChI=1S/C20H22FN3O2/c1-15(25)23-10-12-24(13-11-23)20(26)19(14-18-4-2-3-9-22-18)16-5-7-17(21)8-6-16/h2-9,19H,10-14H2,1H3. The molecule has 0 spiro atoms. The first-order chi connectivity index (χ1) is 12.5. The van der Waals surface area contributed by atoms with E-state index in [1.54, 1.807) is 35.1 Å². The van der Waals surface area contributed by atoms with Crippen LogP contribution >= 0.6 is 0 Å². The van der Waals surface area contributed by atoms with Crippen molar-refractivity contribution in [3.63, 3.8) is 0 Å². The van der Waals surface area contributed by atoms with E-state index in [0.29, 0.717) is 32.6 Å². The largest absolute Gasteiger partial charge is 0.339 e. The molecule has 136 valence electrons. The summed E-state index contributed by atoms with van der Waals surface area (Å²) >= 11 is 0. The van der Waals surface area contributed by atoms with E-state index in [4.69, 9.17) is 0 Å². The summed E-state index contributed by atoms with van der Waals surface area (Å²) in [6.45, 7) is 3.65. The highest BCUT2D eigenvalue weighted by Gasteiger charge is 2.29. The Balaban J connectivity index is 1.79. The lowest BCUT2D eigenvalue weighted by Crippen LogP contribution is -2.51. The van der Waals surface area contributed by atoms with E-state index in [2.05, 4.69) is 4.98 Å². The number of rotatable bonds is 4. The number of amides is 2. The van der Waals surface area contributed by atoms with Gasteiger partial charge in [-0.3, -0.25) is 14.6 Å². The molecule has 0 bridgehead atoms. The summed E-state index contributed by atoms with van der Waals surface area (Å²) in [6.07, 6.45) is 2.16. The minimum absolute atomic E-state index is 0.00883. The van der Waals surface area contributed by atoms with Crippen LogP contribution in [0.3, 0.4) is 0 Å². The van der Waals surface area contributed by atoms with Crippen LogP contribution in [0.1, 0.15) is 24.1 Å². The number of pyridine rings is 1. The molecule has 26 heavy (non-hydrogen) atoms. The van der Waals surface area contributed by atoms with Crippen LogP contribution in [0.4, 0.5) is 4.39 Å². The predicted molar refractivity (Wildman–Crippen MR) is 95.9 cm³/mol. The van der Waals surface area contributed by atoms with E-state index in [1.807, 2.05) is 18.2 Å². The third kappa shape index (κ3) is 4.25. The molecule has 0 aliphatic carbocycles. The van der Waals surface area contributed by atoms with Crippen LogP contribution in [0, 0.1) is 5.82 Å². The van der Waals surface area contributed by atoms with Crippen molar-refractivity contribution in [3.8, 4) is 0 Å². The molecule has 5 nitrogen and oxygen atoms in total. The number of hydrogen-bond donors (Lipinski definition) is 0. The van der Waals surface area contributed by atoms with Gasteiger partial charge in [-0.15, -0.1) is 0 Å². The van der Waals surface area contributed by atoms with Crippen molar-refractivity contribution in [3.05, 3.63) is 65.7 Å². The highest BCUT2D eigenvalue weighted by Crippen LogP contribution is 2.24. The van der Waals surface area contributed by atoms with Gasteiger partial charge in [0.25, 0.3) is 0 Å². The molecule has 0 N–H and O–H groups in total. The Morgan fingerprint density at radius 3 is 2.27 bits per heavy atom. The van der Waals surface area contributed by atoms with E-state index < -0.39 is 5.92 Å². The Morgan fingerprint density at radius 2 is 1.69 bits per heavy atom. The van der Waals surface area contributed by atoms with Crippen LogP contribution in [0.2, 0.25) is 0 Å². The van der Waals surface area contributed by atoms with Crippen LogP contribution in [0.5, 0.6) is 0 Å². The van der Waals surface area contributed by atoms with Crippen LogP contribution < -0.4 is 0 Å². The predicted octanol–water partition coefficient (Wildman–Crippen LogP) is 2.24. The van der Waals surface area contributed by atoms with E-state index in [1.165, 1.54) is 12.1 Å². The van der Waals surface area contributed by atoms with Crippen LogP contribution in [-0.2, 0) is 16.0 Å². The molecule has 2 amide bonds. The minimum atomic E-state index is -0.422. The molecule has 3 rings (SSSR count). The summed E-state index contributed by atoms with van der Waals surface area (Å²) in [6, 6.07) is 11.7. The van der Waals surface area contributed by atoms with Crippen LogP contribution in [0.15, 0.2) is 48.7 Å². The molecule has 0 saturated carbocycles. The first-order valence-corrected chi connectivity index (χ1v) is 8.74. The number of benzene rings is 1. The summed E-state index contributed by atoms with van der Waals surface area (Å²) in [7, 11) is 0. The maximum Gasteiger partial charge on any atom is 0.230 e. The second kappa shape index (κ2) is 8.08. The van der Waals surface area contributed by atoms with Gasteiger partial charge in [0.1, 0.15) is 5.82 Å². The lowest BCUT2D eigenvalue weighted by molar-refractivity contribution is -0.139. The zero-order chi connectivity index (χ0) is 18.5. The molecule has 2 heterocycles. The average Bonchev–Trinajstić information content (AvgIpc) is 2.67. The molecule has 1 unspecified atom stereocenters. The second-order valence-corrected chi connectivity index (χ2v) is 6.46. The molecule has 1 saturated heterocycles. The Morgan fingerprint density at radius 1 is 1.04 bits per heavy atom. The Kier molecular flexibility index (Phi) is 5.61. The quantitative estimate of drug-likeness (QED) is 0.845. The number of aromatic nitrogens is 1. The zero-order valence-electron chi connectivity index (χ0n) is 14.8. The number of halogens is 1. The van der Waals surface area contributed by atoms with Crippen molar-refractivity contribution in [2.45, 2.75) is 19.3 Å². The molecule has 1 aliphatic rings. The number of carbonyl (C=O) groups is 2. The number of hydrogen-bond acceptors (Lipinski definition) is 3. The molecule has 2 aromatic rings. The van der Waals surface area contributed by atoms with Crippen LogP contribution in [-0.4, -0.2) is 52.8 Å². The highest BCUT2D eigenvalue weighted by atomic mass is 19.1. The first-order valence-electron chi connectivity index (χ1n) is 8.74. The van der Waals surface area contributed by atoms with Crippen molar-refractivity contribution >= 4 is 11.8 Å². The van der Waals surface area contributed by atoms with Gasteiger partial charge in [0, 0.05) is 51.4 Å². The van der Waals surface area contributed by atoms with Crippen molar-refractivity contribution in [1.29, 1.82) is 0 Å². The lowest BCUT2D eigenvalue weighted by Gasteiger charge is -2.36. The summed E-state index contributed by atoms with van der Waals surface area (Å²) in [5.74, 6) is -0.728. The van der Waals surface area contributed by atoms with Crippen LogP contribution in [0.25, 0.3) is 0 Å². The normalized spacial score (nSPS) is 15.6. The summed E-state index contributed by atoms with van der Waals surface area (Å²) in [4.78, 5) is 32.5. The van der Waals surface area contributed by atoms with E-state index in [9.17, 15) is 14.0 Å². The molecule has 1 aromatic carbocycles. The molecule has 1 atom stereocenters. The second-order valence-electron chi connectivity index (χ2n) is 6.46. The third-order valence-electron chi connectivity index (χ3n) is 4.75. The fraction of sp³-hybridized carbons (Fsp3) is 0.350. The summed E-state index contributed by atoms with van der Waals surface area (Å²) < 4.78 is 13.3. The number of piperazine rings is 1. The van der Waals surface area contributed by atoms with E-state index in [0.717, 1.165) is 11.3 Å². The average molecular weight is 355 g/mol. The summed E-state index contributed by atoms with van der Waals surface area (Å²) in [5, 5.41) is 0. The topological polar surface area (TPSA) is 53.5 Å². The molecule has 1 fully saturated rings. The SMILES string of the molecule is CC(=O)N1CCN(C(=O)C(Cc2ccccn2)c2ccc(F)cc2)CC1. The fourth-order valence-electron chi connectivity index (χ4n) is 3.23. The van der Waals surface area contributed by atoms with Gasteiger partial charge in [0.05, 0.1) is 5.92 Å². The van der Waals surface area contributed by atoms with Crippen molar-refractivity contribution in [2.75, 3.05) is 26.2 Å². The lowest BCUT2D eigenvalue weighted by atomic mass is 9.92. The zero-order valence-corrected chi connectivity index (χ0v) is 14.8. The van der Waals surface area contributed by atoms with Crippen molar-refractivity contribution < 1.29 is 14.0 Å². The first kappa shape index (κ1) is 18.0. The molecular formula is C20H22FN3O2. The maximum absolute atomic E-state index is 13.3. The molecule has 0 radical (unpaired) electrons. The van der Waals surface area contributed by atoms with Gasteiger partial charge >= 0.3 is 0 Å². The van der Waals surface area contributed by atoms with Gasteiger partial charge in [-0.2, -0.15) is 0 Å². The van der Waals surface area contributed by atoms with E-state index in [-0.39, 0.29) is 17.6 Å². The van der Waals surface area contributed by atoms with Crippen molar-refractivity contribution in [1.82, 2.24) is 14.8 Å². The monoisotopic (exact) mass is 355 g/mol. The number of nitrogens with zero attached hydrogens (tertiary/aromatic N) is 3. The Hall–Kier alpha value is -2.76. The van der Waals surface area contributed by atoms with Gasteiger partial charge < -0.3 is 9.80 Å². The maximum atomic E-state index is 13.3. The molecule has 1 aliphatic heterocycles. The smallest absolute Gasteiger partial charge is 0.230 e. The van der Waals surface area contributed by atoms with Gasteiger partial charge in [-0.05, 0) is 29.8 Å². The highest BCUT2D eigenvalue weighted by molar-refractivity contribution is 5.84. The molecular weight excluding hydrogens is 333 g/mol. The fourth-order valence-corrected chi connectivity index (χ4v) is 3.23. The van der Waals surface area contributed by atoms with Gasteiger partial charge in [0.15, 0.2) is 0 Å². The van der Waals surface area contributed by atoms with Gasteiger partial charge in [-0.1, -0.05) is 18.2 Å². The van der Waals surface area contributed by atoms with Gasteiger partial charge in [0.2, 0.25) is 11.8 Å². The van der Waals surface area contributed by atoms with Gasteiger partial charge in [-0.25, -0.2) is 4.39 Å². The Labute approximate surface area is 152 Å².